The van der Waals surface area contributed by atoms with Gasteiger partial charge < -0.3 is 9.84 Å². The molecule has 1 aromatic heterocycles. The van der Waals surface area contributed by atoms with Crippen LogP contribution in [0.3, 0.4) is 0 Å². The van der Waals surface area contributed by atoms with Crippen LogP contribution in [-0.2, 0) is 4.74 Å². The van der Waals surface area contributed by atoms with Crippen molar-refractivity contribution in [2.24, 2.45) is 0 Å². The Balaban J connectivity index is 2.13. The lowest BCUT2D eigenvalue weighted by Crippen LogP contribution is -2.33. The van der Waals surface area contributed by atoms with Crippen molar-refractivity contribution in [1.82, 2.24) is 9.55 Å². The number of aromatic nitrogens is 2. The fraction of sp³-hybridized carbons (Fsp3) is 0.625. The highest BCUT2D eigenvalue weighted by atomic mass is 16.5. The van der Waals surface area contributed by atoms with E-state index in [0.29, 0.717) is 18.4 Å². The molecule has 0 radical (unpaired) electrons. The standard InChI is InChI=1S/C16H24N2O4/c1-2-3-4-5-6-7-12-10-18(16(21)17-15(12)20)14-9-8-13(11-19)22-14/h6-7,10,13-14,19H,2-5,8-9,11H2,1H3,(H,17,20,21)/b7-6+. The monoisotopic (exact) mass is 308 g/mol. The number of hydrogen-bond acceptors (Lipinski definition) is 4. The molecule has 6 nitrogen and oxygen atoms in total. The summed E-state index contributed by atoms with van der Waals surface area (Å²) in [5, 5.41) is 9.10. The van der Waals surface area contributed by atoms with Crippen molar-refractivity contribution in [3.63, 3.8) is 0 Å². The van der Waals surface area contributed by atoms with E-state index in [1.807, 2.05) is 6.08 Å². The zero-order valence-corrected chi connectivity index (χ0v) is 13.0. The van der Waals surface area contributed by atoms with Gasteiger partial charge in [-0.3, -0.25) is 14.3 Å². The average molecular weight is 308 g/mol. The van der Waals surface area contributed by atoms with E-state index in [9.17, 15) is 9.59 Å². The molecule has 1 aliphatic rings. The Morgan fingerprint density at radius 3 is 2.91 bits per heavy atom. The largest absolute Gasteiger partial charge is 0.394 e. The highest BCUT2D eigenvalue weighted by Crippen LogP contribution is 2.26. The Kier molecular flexibility index (Phi) is 6.15. The predicted octanol–water partition coefficient (Wildman–Crippen LogP) is 1.80. The van der Waals surface area contributed by atoms with Gasteiger partial charge in [0.05, 0.1) is 18.3 Å². The summed E-state index contributed by atoms with van der Waals surface area (Å²) in [6.45, 7) is 2.09. The second-order valence-corrected chi connectivity index (χ2v) is 5.62. The van der Waals surface area contributed by atoms with Gasteiger partial charge in [0.2, 0.25) is 0 Å². The maximum atomic E-state index is 11.9. The van der Waals surface area contributed by atoms with Gasteiger partial charge in [-0.25, -0.2) is 4.79 Å². The zero-order chi connectivity index (χ0) is 15.9. The van der Waals surface area contributed by atoms with E-state index >= 15 is 0 Å². The minimum atomic E-state index is -0.475. The van der Waals surface area contributed by atoms with Crippen LogP contribution in [0, 0.1) is 0 Å². The van der Waals surface area contributed by atoms with Crippen molar-refractivity contribution in [3.8, 4) is 0 Å². The molecule has 0 saturated carbocycles. The molecule has 2 atom stereocenters. The second kappa shape index (κ2) is 8.10. The molecule has 2 N–H and O–H groups in total. The summed E-state index contributed by atoms with van der Waals surface area (Å²) < 4.78 is 7.00. The highest BCUT2D eigenvalue weighted by molar-refractivity contribution is 5.46. The molecule has 2 unspecified atom stereocenters. The Labute approximate surface area is 129 Å². The van der Waals surface area contributed by atoms with Crippen LogP contribution in [0.2, 0.25) is 0 Å². The van der Waals surface area contributed by atoms with Gasteiger partial charge in [-0.05, 0) is 25.7 Å². The van der Waals surface area contributed by atoms with Gasteiger partial charge >= 0.3 is 5.69 Å². The number of aliphatic hydroxyl groups is 1. The Morgan fingerprint density at radius 1 is 1.41 bits per heavy atom. The van der Waals surface area contributed by atoms with Gasteiger partial charge in [0.1, 0.15) is 6.23 Å². The molecule has 0 spiro atoms. The summed E-state index contributed by atoms with van der Waals surface area (Å²) in [7, 11) is 0. The summed E-state index contributed by atoms with van der Waals surface area (Å²) >= 11 is 0. The first-order valence-electron chi connectivity index (χ1n) is 7.94. The molecule has 6 heteroatoms. The number of nitrogens with zero attached hydrogens (tertiary/aromatic N) is 1. The fourth-order valence-corrected chi connectivity index (χ4v) is 2.58. The summed E-state index contributed by atoms with van der Waals surface area (Å²) in [4.78, 5) is 26.1. The molecular weight excluding hydrogens is 284 g/mol. The SMILES string of the molecule is CCCCC/C=C/c1cn(C2CCC(CO)O2)c(=O)[nH]c1=O. The number of nitrogens with one attached hydrogen (secondary N) is 1. The van der Waals surface area contributed by atoms with Gasteiger partial charge in [0.15, 0.2) is 0 Å². The molecule has 1 fully saturated rings. The van der Waals surface area contributed by atoms with Crippen LogP contribution >= 0.6 is 0 Å². The van der Waals surface area contributed by atoms with Crippen LogP contribution in [0.25, 0.3) is 6.08 Å². The first kappa shape index (κ1) is 16.7. The van der Waals surface area contributed by atoms with Crippen LogP contribution in [0.4, 0.5) is 0 Å². The van der Waals surface area contributed by atoms with Crippen LogP contribution < -0.4 is 11.2 Å². The van der Waals surface area contributed by atoms with Gasteiger partial charge in [-0.15, -0.1) is 0 Å². The van der Waals surface area contributed by atoms with Gasteiger partial charge in [0, 0.05) is 6.20 Å². The highest BCUT2D eigenvalue weighted by Gasteiger charge is 2.26. The van der Waals surface area contributed by atoms with E-state index in [-0.39, 0.29) is 18.3 Å². The number of aliphatic hydroxyl groups excluding tert-OH is 1. The lowest BCUT2D eigenvalue weighted by atomic mass is 10.2. The van der Waals surface area contributed by atoms with Crippen LogP contribution in [0.1, 0.15) is 57.2 Å². The predicted molar refractivity (Wildman–Crippen MR) is 84.7 cm³/mol. The third-order valence-electron chi connectivity index (χ3n) is 3.87. The Morgan fingerprint density at radius 2 is 2.23 bits per heavy atom. The lowest BCUT2D eigenvalue weighted by Gasteiger charge is -2.15. The lowest BCUT2D eigenvalue weighted by molar-refractivity contribution is -0.0246. The number of hydrogen-bond donors (Lipinski definition) is 2. The molecule has 1 aliphatic heterocycles. The molecule has 1 aromatic rings. The Bertz CT molecular complexity index is 617. The molecule has 1 saturated heterocycles. The molecular formula is C16H24N2O4. The zero-order valence-electron chi connectivity index (χ0n) is 13.0. The maximum absolute atomic E-state index is 11.9. The van der Waals surface area contributed by atoms with Crippen molar-refractivity contribution >= 4 is 6.08 Å². The molecule has 0 aromatic carbocycles. The molecule has 2 heterocycles. The summed E-state index contributed by atoms with van der Waals surface area (Å²) in [5.74, 6) is 0. The van der Waals surface area contributed by atoms with Crippen molar-refractivity contribution in [3.05, 3.63) is 38.7 Å². The first-order valence-corrected chi connectivity index (χ1v) is 7.94. The topological polar surface area (TPSA) is 84.3 Å². The van der Waals surface area contributed by atoms with Gasteiger partial charge in [0.25, 0.3) is 5.56 Å². The van der Waals surface area contributed by atoms with E-state index in [0.717, 1.165) is 19.3 Å². The Hall–Kier alpha value is -1.66. The van der Waals surface area contributed by atoms with E-state index in [4.69, 9.17) is 9.84 Å². The minimum absolute atomic E-state index is 0.0568. The second-order valence-electron chi connectivity index (χ2n) is 5.62. The van der Waals surface area contributed by atoms with E-state index in [2.05, 4.69) is 11.9 Å². The number of rotatable bonds is 7. The normalized spacial score (nSPS) is 21.7. The number of ether oxygens (including phenoxy) is 1. The quantitative estimate of drug-likeness (QED) is 0.752. The first-order chi connectivity index (χ1) is 10.7. The van der Waals surface area contributed by atoms with Gasteiger partial charge in [-0.2, -0.15) is 0 Å². The summed E-state index contributed by atoms with van der Waals surface area (Å²) in [5.41, 5.74) is -0.409. The van der Waals surface area contributed by atoms with Crippen molar-refractivity contribution in [2.45, 2.75) is 57.8 Å². The molecule has 0 aliphatic carbocycles. The maximum Gasteiger partial charge on any atom is 0.330 e. The number of unbranched alkanes of at least 4 members (excludes halogenated alkanes) is 3. The van der Waals surface area contributed by atoms with Crippen LogP contribution in [0.5, 0.6) is 0 Å². The molecule has 122 valence electrons. The third kappa shape index (κ3) is 4.18. The average Bonchev–Trinajstić information content (AvgIpc) is 2.97. The number of H-pyrrole nitrogens is 1. The summed E-state index contributed by atoms with van der Waals surface area (Å²) in [6.07, 6.45) is 10.3. The van der Waals surface area contributed by atoms with Crippen molar-refractivity contribution in [1.29, 1.82) is 0 Å². The van der Waals surface area contributed by atoms with Gasteiger partial charge in [-0.1, -0.05) is 31.9 Å². The third-order valence-corrected chi connectivity index (χ3v) is 3.87. The van der Waals surface area contributed by atoms with E-state index < -0.39 is 11.9 Å². The van der Waals surface area contributed by atoms with Crippen LogP contribution in [0.15, 0.2) is 21.9 Å². The molecule has 22 heavy (non-hydrogen) atoms. The fourth-order valence-electron chi connectivity index (χ4n) is 2.58. The minimum Gasteiger partial charge on any atom is -0.394 e. The van der Waals surface area contributed by atoms with Crippen molar-refractivity contribution < 1.29 is 9.84 Å². The molecule has 0 bridgehead atoms. The number of aromatic amines is 1. The summed E-state index contributed by atoms with van der Waals surface area (Å²) in [6, 6.07) is 0. The molecule has 0 amide bonds. The smallest absolute Gasteiger partial charge is 0.330 e. The van der Waals surface area contributed by atoms with Crippen LogP contribution in [-0.4, -0.2) is 27.4 Å². The van der Waals surface area contributed by atoms with E-state index in [1.165, 1.54) is 11.0 Å². The number of allylic oxidation sites excluding steroid dienone is 1. The van der Waals surface area contributed by atoms with E-state index in [1.54, 1.807) is 12.3 Å². The molecule has 2 rings (SSSR count). The van der Waals surface area contributed by atoms with Crippen molar-refractivity contribution in [2.75, 3.05) is 6.61 Å².